The van der Waals surface area contributed by atoms with Gasteiger partial charge in [-0.1, -0.05) is 13.8 Å². The first-order chi connectivity index (χ1) is 11.0. The van der Waals surface area contributed by atoms with Crippen LogP contribution in [0.25, 0.3) is 0 Å². The van der Waals surface area contributed by atoms with Gasteiger partial charge in [-0.05, 0) is 45.0 Å². The fraction of sp³-hybridized carbons (Fsp3) is 0.765. The van der Waals surface area contributed by atoms with E-state index in [4.69, 9.17) is 0 Å². The number of amides is 1. The lowest BCUT2D eigenvalue weighted by Crippen LogP contribution is -2.64. The number of aromatic amines is 1. The van der Waals surface area contributed by atoms with Gasteiger partial charge in [0.15, 0.2) is 0 Å². The molecule has 2 saturated heterocycles. The first-order valence-corrected chi connectivity index (χ1v) is 8.77. The molecule has 2 fully saturated rings. The van der Waals surface area contributed by atoms with Crippen LogP contribution in [-0.2, 0) is 0 Å². The topological polar surface area (TPSA) is 55.5 Å². The average Bonchev–Trinajstić information content (AvgIpc) is 2.99. The van der Waals surface area contributed by atoms with Gasteiger partial charge in [-0.3, -0.25) is 14.8 Å². The van der Waals surface area contributed by atoms with Crippen LogP contribution in [0.4, 0.5) is 0 Å². The maximum atomic E-state index is 12.3. The smallest absolute Gasteiger partial charge is 0.271 e. The molecule has 2 aliphatic heterocycles. The molecule has 0 atom stereocenters. The van der Waals surface area contributed by atoms with Gasteiger partial charge in [0.2, 0.25) is 0 Å². The van der Waals surface area contributed by atoms with Gasteiger partial charge in [-0.25, -0.2) is 0 Å². The van der Waals surface area contributed by atoms with Gasteiger partial charge in [0.25, 0.3) is 5.91 Å². The number of nitrogens with zero attached hydrogens (tertiary/aromatic N) is 4. The number of piperidine rings is 1. The number of aromatic nitrogens is 2. The SMILES string of the molecule is CC(C)CN(C1CCN(C)CC1)C1CN(C(=O)c2ccn[nH]2)C1. The molecule has 1 amide bonds. The van der Waals surface area contributed by atoms with Crippen molar-refractivity contribution >= 4 is 5.91 Å². The number of hydrogen-bond acceptors (Lipinski definition) is 4. The number of carbonyl (C=O) groups is 1. The third-order valence-corrected chi connectivity index (χ3v) is 5.08. The summed E-state index contributed by atoms with van der Waals surface area (Å²) in [6, 6.07) is 2.93. The summed E-state index contributed by atoms with van der Waals surface area (Å²) in [7, 11) is 2.21. The van der Waals surface area contributed by atoms with Gasteiger partial charge < -0.3 is 9.80 Å². The van der Waals surface area contributed by atoms with Gasteiger partial charge in [0, 0.05) is 37.9 Å². The molecule has 0 unspecified atom stereocenters. The summed E-state index contributed by atoms with van der Waals surface area (Å²) in [6.45, 7) is 9.76. The summed E-state index contributed by atoms with van der Waals surface area (Å²) in [5, 5.41) is 6.64. The van der Waals surface area contributed by atoms with Crippen LogP contribution in [-0.4, -0.2) is 82.7 Å². The van der Waals surface area contributed by atoms with Crippen molar-refractivity contribution < 1.29 is 4.79 Å². The largest absolute Gasteiger partial charge is 0.334 e. The van der Waals surface area contributed by atoms with Crippen LogP contribution < -0.4 is 0 Å². The van der Waals surface area contributed by atoms with E-state index in [1.54, 1.807) is 12.3 Å². The Bertz CT molecular complexity index is 501. The first-order valence-electron chi connectivity index (χ1n) is 8.77. The Labute approximate surface area is 138 Å². The number of rotatable bonds is 5. The van der Waals surface area contributed by atoms with Crippen molar-refractivity contribution in [2.75, 3.05) is 39.8 Å². The van der Waals surface area contributed by atoms with Gasteiger partial charge in [0.05, 0.1) is 0 Å². The molecule has 1 aromatic rings. The van der Waals surface area contributed by atoms with Crippen molar-refractivity contribution in [1.82, 2.24) is 24.9 Å². The highest BCUT2D eigenvalue weighted by atomic mass is 16.2. The van der Waals surface area contributed by atoms with E-state index in [1.807, 2.05) is 4.90 Å². The van der Waals surface area contributed by atoms with Crippen molar-refractivity contribution in [3.8, 4) is 0 Å². The molecule has 0 aromatic carbocycles. The summed E-state index contributed by atoms with van der Waals surface area (Å²) in [4.78, 5) is 19.3. The lowest BCUT2D eigenvalue weighted by Gasteiger charge is -2.50. The quantitative estimate of drug-likeness (QED) is 0.888. The standard InChI is InChI=1S/C17H29N5O/c1-13(2)10-22(14-5-8-20(3)9-6-14)15-11-21(12-15)17(23)16-4-7-18-19-16/h4,7,13-15H,5-6,8-12H2,1-3H3,(H,18,19). The molecule has 0 saturated carbocycles. The average molecular weight is 319 g/mol. The van der Waals surface area contributed by atoms with Crippen LogP contribution in [0.2, 0.25) is 0 Å². The van der Waals surface area contributed by atoms with Crippen molar-refractivity contribution in [3.63, 3.8) is 0 Å². The third-order valence-electron chi connectivity index (χ3n) is 5.08. The summed E-state index contributed by atoms with van der Waals surface area (Å²) in [6.07, 6.45) is 4.12. The van der Waals surface area contributed by atoms with E-state index in [0.717, 1.165) is 19.6 Å². The molecule has 23 heavy (non-hydrogen) atoms. The van der Waals surface area contributed by atoms with E-state index in [-0.39, 0.29) is 5.91 Å². The van der Waals surface area contributed by atoms with E-state index < -0.39 is 0 Å². The van der Waals surface area contributed by atoms with Crippen LogP contribution in [0, 0.1) is 5.92 Å². The van der Waals surface area contributed by atoms with E-state index in [1.165, 1.54) is 25.9 Å². The van der Waals surface area contributed by atoms with Crippen molar-refractivity contribution in [2.45, 2.75) is 38.8 Å². The van der Waals surface area contributed by atoms with Crippen LogP contribution >= 0.6 is 0 Å². The molecule has 0 radical (unpaired) electrons. The molecule has 2 aliphatic rings. The van der Waals surface area contributed by atoms with Gasteiger partial charge in [-0.2, -0.15) is 5.10 Å². The molecular weight excluding hydrogens is 290 g/mol. The molecular formula is C17H29N5O. The van der Waals surface area contributed by atoms with Gasteiger partial charge in [0.1, 0.15) is 5.69 Å². The van der Waals surface area contributed by atoms with Crippen molar-refractivity contribution in [3.05, 3.63) is 18.0 Å². The summed E-state index contributed by atoms with van der Waals surface area (Å²) >= 11 is 0. The second-order valence-corrected chi connectivity index (χ2v) is 7.46. The molecule has 0 bridgehead atoms. The summed E-state index contributed by atoms with van der Waals surface area (Å²) in [5.74, 6) is 0.735. The molecule has 3 rings (SSSR count). The minimum atomic E-state index is 0.0756. The zero-order valence-corrected chi connectivity index (χ0v) is 14.5. The highest BCUT2D eigenvalue weighted by molar-refractivity contribution is 5.92. The molecule has 0 aliphatic carbocycles. The highest BCUT2D eigenvalue weighted by Gasteiger charge is 2.39. The molecule has 6 nitrogen and oxygen atoms in total. The highest BCUT2D eigenvalue weighted by Crippen LogP contribution is 2.25. The maximum absolute atomic E-state index is 12.3. The lowest BCUT2D eigenvalue weighted by atomic mass is 9.96. The second kappa shape index (κ2) is 7.01. The fourth-order valence-electron chi connectivity index (χ4n) is 3.72. The third kappa shape index (κ3) is 3.75. The second-order valence-electron chi connectivity index (χ2n) is 7.46. The Morgan fingerprint density at radius 3 is 2.61 bits per heavy atom. The van der Waals surface area contributed by atoms with Gasteiger partial charge in [-0.15, -0.1) is 0 Å². The zero-order valence-electron chi connectivity index (χ0n) is 14.5. The molecule has 6 heteroatoms. The first kappa shape index (κ1) is 16.5. The zero-order chi connectivity index (χ0) is 16.4. The molecule has 128 valence electrons. The summed E-state index contributed by atoms with van der Waals surface area (Å²) < 4.78 is 0. The molecule has 1 aromatic heterocycles. The molecule has 0 spiro atoms. The predicted molar refractivity (Wildman–Crippen MR) is 90.3 cm³/mol. The van der Waals surface area contributed by atoms with E-state index >= 15 is 0 Å². The summed E-state index contributed by atoms with van der Waals surface area (Å²) in [5.41, 5.74) is 0.596. The Kier molecular flexibility index (Phi) is 5.02. The minimum absolute atomic E-state index is 0.0756. The fourth-order valence-corrected chi connectivity index (χ4v) is 3.72. The lowest BCUT2D eigenvalue weighted by molar-refractivity contribution is -0.00825. The number of hydrogen-bond donors (Lipinski definition) is 1. The van der Waals surface area contributed by atoms with Crippen LogP contribution in [0.5, 0.6) is 0 Å². The molecule has 1 N–H and O–H groups in total. The van der Waals surface area contributed by atoms with E-state index in [9.17, 15) is 4.79 Å². The monoisotopic (exact) mass is 319 g/mol. The number of likely N-dealkylation sites (tertiary alicyclic amines) is 2. The maximum Gasteiger partial charge on any atom is 0.271 e. The predicted octanol–water partition coefficient (Wildman–Crippen LogP) is 1.29. The number of nitrogens with one attached hydrogen (secondary N) is 1. The molecule has 3 heterocycles. The van der Waals surface area contributed by atoms with Crippen molar-refractivity contribution in [1.29, 1.82) is 0 Å². The Hall–Kier alpha value is -1.40. The van der Waals surface area contributed by atoms with E-state index in [2.05, 4.69) is 40.9 Å². The van der Waals surface area contributed by atoms with E-state index in [0.29, 0.717) is 23.7 Å². The van der Waals surface area contributed by atoms with Crippen LogP contribution in [0.3, 0.4) is 0 Å². The van der Waals surface area contributed by atoms with Crippen LogP contribution in [0.1, 0.15) is 37.2 Å². The number of H-pyrrole nitrogens is 1. The van der Waals surface area contributed by atoms with Crippen molar-refractivity contribution in [2.24, 2.45) is 5.92 Å². The Balaban J connectivity index is 1.58. The Morgan fingerprint density at radius 2 is 2.04 bits per heavy atom. The normalized spacial score (nSPS) is 21.2. The minimum Gasteiger partial charge on any atom is -0.334 e. The number of carbonyl (C=O) groups excluding carboxylic acids is 1. The van der Waals surface area contributed by atoms with Crippen LogP contribution in [0.15, 0.2) is 12.3 Å². The Morgan fingerprint density at radius 1 is 1.35 bits per heavy atom. The van der Waals surface area contributed by atoms with Gasteiger partial charge >= 0.3 is 0 Å².